The van der Waals surface area contributed by atoms with Crippen molar-refractivity contribution in [2.24, 2.45) is 0 Å². The molecule has 0 radical (unpaired) electrons. The molecule has 1 atom stereocenters. The van der Waals surface area contributed by atoms with Crippen molar-refractivity contribution in [2.75, 3.05) is 5.75 Å². The van der Waals surface area contributed by atoms with E-state index in [0.29, 0.717) is 15.6 Å². The van der Waals surface area contributed by atoms with Gasteiger partial charge in [0.25, 0.3) is 11.8 Å². The maximum absolute atomic E-state index is 12.3. The summed E-state index contributed by atoms with van der Waals surface area (Å²) in [5.41, 5.74) is 3.87. The maximum Gasteiger partial charge on any atom is 0.270 e. The van der Waals surface area contributed by atoms with E-state index in [4.69, 9.17) is 23.2 Å². The molecule has 8 heteroatoms. The van der Waals surface area contributed by atoms with Crippen LogP contribution in [0.25, 0.3) is 0 Å². The van der Waals surface area contributed by atoms with Crippen molar-refractivity contribution in [3.05, 3.63) is 63.9 Å². The topological polar surface area (TPSA) is 62.3 Å². The third-order valence-corrected chi connectivity index (χ3v) is 5.21. The average Bonchev–Trinajstić information content (AvgIpc) is 2.92. The van der Waals surface area contributed by atoms with Gasteiger partial charge in [-0.25, -0.2) is 5.01 Å². The van der Waals surface area contributed by atoms with Crippen LogP contribution in [0.15, 0.2) is 42.7 Å². The molecule has 0 aliphatic carbocycles. The molecule has 0 bridgehead atoms. The monoisotopic (exact) mass is 367 g/mol. The van der Waals surface area contributed by atoms with Crippen molar-refractivity contribution < 1.29 is 9.59 Å². The highest BCUT2D eigenvalue weighted by atomic mass is 35.5. The first-order chi connectivity index (χ1) is 11.1. The molecular weight excluding hydrogens is 357 g/mol. The Hall–Kier alpha value is -1.76. The van der Waals surface area contributed by atoms with Crippen LogP contribution in [0, 0.1) is 0 Å². The van der Waals surface area contributed by atoms with Crippen LogP contribution in [0.4, 0.5) is 0 Å². The van der Waals surface area contributed by atoms with Gasteiger partial charge in [0.1, 0.15) is 5.37 Å². The van der Waals surface area contributed by atoms with Crippen molar-refractivity contribution >= 4 is 46.8 Å². The normalized spacial score (nSPS) is 17.4. The highest BCUT2D eigenvalue weighted by Gasteiger charge is 2.34. The number of carbonyl (C=O) groups excluding carboxylic acids is 2. The molecule has 118 valence electrons. The van der Waals surface area contributed by atoms with Gasteiger partial charge in [-0.2, -0.15) is 0 Å². The van der Waals surface area contributed by atoms with Crippen LogP contribution in [0.1, 0.15) is 21.3 Å². The van der Waals surface area contributed by atoms with Gasteiger partial charge in [0.05, 0.1) is 15.8 Å². The minimum atomic E-state index is -0.367. The number of amides is 2. The van der Waals surface area contributed by atoms with E-state index in [2.05, 4.69) is 10.4 Å². The van der Waals surface area contributed by atoms with Gasteiger partial charge in [-0.3, -0.25) is 20.0 Å². The van der Waals surface area contributed by atoms with E-state index in [1.54, 1.807) is 30.3 Å². The molecule has 1 aromatic heterocycles. The van der Waals surface area contributed by atoms with Crippen LogP contribution < -0.4 is 5.43 Å². The Bertz CT molecular complexity index is 758. The predicted octanol–water partition coefficient (Wildman–Crippen LogP) is 3.31. The van der Waals surface area contributed by atoms with Gasteiger partial charge in [0.15, 0.2) is 0 Å². The fourth-order valence-corrected chi connectivity index (χ4v) is 3.54. The summed E-state index contributed by atoms with van der Waals surface area (Å²) in [7, 11) is 0. The van der Waals surface area contributed by atoms with E-state index in [1.165, 1.54) is 29.2 Å². The highest BCUT2D eigenvalue weighted by molar-refractivity contribution is 8.00. The maximum atomic E-state index is 12.3. The van der Waals surface area contributed by atoms with E-state index < -0.39 is 0 Å². The Morgan fingerprint density at radius 1 is 1.22 bits per heavy atom. The molecular formula is C15H11Cl2N3O2S. The second-order valence-electron chi connectivity index (χ2n) is 4.78. The van der Waals surface area contributed by atoms with Crippen molar-refractivity contribution in [3.8, 4) is 0 Å². The molecule has 0 saturated carbocycles. The van der Waals surface area contributed by atoms with Crippen molar-refractivity contribution in [3.63, 3.8) is 0 Å². The molecule has 1 aliphatic rings. The summed E-state index contributed by atoms with van der Waals surface area (Å²) in [6.45, 7) is 0. The summed E-state index contributed by atoms with van der Waals surface area (Å²) >= 11 is 13.4. The van der Waals surface area contributed by atoms with Crippen LogP contribution >= 0.6 is 35.0 Å². The number of hydrogen-bond acceptors (Lipinski definition) is 4. The van der Waals surface area contributed by atoms with Gasteiger partial charge in [-0.05, 0) is 29.8 Å². The van der Waals surface area contributed by atoms with Crippen molar-refractivity contribution in [1.82, 2.24) is 15.4 Å². The van der Waals surface area contributed by atoms with Gasteiger partial charge in [0, 0.05) is 18.0 Å². The summed E-state index contributed by atoms with van der Waals surface area (Å²) in [5, 5.41) is 1.83. The standard InChI is InChI=1S/C15H11Cl2N3O2S/c16-11-2-1-10(7-12(11)17)15-20(13(21)8-23-15)19-14(22)9-3-5-18-6-4-9/h1-7,15H,8H2,(H,19,22)/t15-/m1/s1. The summed E-state index contributed by atoms with van der Waals surface area (Å²) in [4.78, 5) is 28.2. The summed E-state index contributed by atoms with van der Waals surface area (Å²) in [6, 6.07) is 8.32. The zero-order valence-electron chi connectivity index (χ0n) is 11.7. The Labute approximate surface area is 146 Å². The van der Waals surface area contributed by atoms with E-state index >= 15 is 0 Å². The lowest BCUT2D eigenvalue weighted by atomic mass is 10.2. The predicted molar refractivity (Wildman–Crippen MR) is 90.2 cm³/mol. The van der Waals surface area contributed by atoms with E-state index in [0.717, 1.165) is 5.56 Å². The van der Waals surface area contributed by atoms with E-state index in [-0.39, 0.29) is 22.9 Å². The Morgan fingerprint density at radius 3 is 2.65 bits per heavy atom. The lowest BCUT2D eigenvalue weighted by molar-refractivity contribution is -0.130. The molecule has 23 heavy (non-hydrogen) atoms. The minimum absolute atomic E-state index is 0.173. The largest absolute Gasteiger partial charge is 0.272 e. The smallest absolute Gasteiger partial charge is 0.270 e. The second-order valence-corrected chi connectivity index (χ2v) is 6.66. The number of hydrogen-bond donors (Lipinski definition) is 1. The number of carbonyl (C=O) groups is 2. The van der Waals surface area contributed by atoms with E-state index in [1.807, 2.05) is 0 Å². The fraction of sp³-hybridized carbons (Fsp3) is 0.133. The van der Waals surface area contributed by atoms with Gasteiger partial charge in [0.2, 0.25) is 0 Å². The van der Waals surface area contributed by atoms with Crippen molar-refractivity contribution in [2.45, 2.75) is 5.37 Å². The minimum Gasteiger partial charge on any atom is -0.272 e. The van der Waals surface area contributed by atoms with Gasteiger partial charge in [-0.15, -0.1) is 11.8 Å². The van der Waals surface area contributed by atoms with Crippen LogP contribution in [0.3, 0.4) is 0 Å². The molecule has 3 rings (SSSR count). The van der Waals surface area contributed by atoms with Crippen LogP contribution in [0.2, 0.25) is 10.0 Å². The van der Waals surface area contributed by atoms with Gasteiger partial charge < -0.3 is 0 Å². The van der Waals surface area contributed by atoms with Crippen LogP contribution in [0.5, 0.6) is 0 Å². The molecule has 0 unspecified atom stereocenters. The Morgan fingerprint density at radius 2 is 1.96 bits per heavy atom. The number of nitrogens with one attached hydrogen (secondary N) is 1. The first-order valence-electron chi connectivity index (χ1n) is 6.66. The lowest BCUT2D eigenvalue weighted by Gasteiger charge is -2.24. The molecule has 1 N–H and O–H groups in total. The number of hydrazine groups is 1. The van der Waals surface area contributed by atoms with Crippen LogP contribution in [-0.4, -0.2) is 27.6 Å². The van der Waals surface area contributed by atoms with Gasteiger partial charge >= 0.3 is 0 Å². The molecule has 1 aliphatic heterocycles. The van der Waals surface area contributed by atoms with Crippen molar-refractivity contribution in [1.29, 1.82) is 0 Å². The third kappa shape index (κ3) is 3.44. The molecule has 2 heterocycles. The fourth-order valence-electron chi connectivity index (χ4n) is 2.13. The second kappa shape index (κ2) is 6.78. The molecule has 0 spiro atoms. The Balaban J connectivity index is 1.82. The SMILES string of the molecule is O=C(NN1C(=O)CS[C@@H]1c1ccc(Cl)c(Cl)c1)c1ccncc1. The molecule has 2 aromatic rings. The zero-order valence-corrected chi connectivity index (χ0v) is 14.0. The number of rotatable bonds is 3. The number of pyridine rings is 1. The summed E-state index contributed by atoms with van der Waals surface area (Å²) < 4.78 is 0. The molecule has 1 aromatic carbocycles. The molecule has 1 saturated heterocycles. The third-order valence-electron chi connectivity index (χ3n) is 3.26. The first kappa shape index (κ1) is 16.1. The number of benzene rings is 1. The number of aromatic nitrogens is 1. The number of thioether (sulfide) groups is 1. The van der Waals surface area contributed by atoms with Gasteiger partial charge in [-0.1, -0.05) is 29.3 Å². The average molecular weight is 368 g/mol. The van der Waals surface area contributed by atoms with E-state index in [9.17, 15) is 9.59 Å². The quantitative estimate of drug-likeness (QED) is 0.903. The van der Waals surface area contributed by atoms with Crippen LogP contribution in [-0.2, 0) is 4.79 Å². The number of halogens is 2. The summed E-state index contributed by atoms with van der Waals surface area (Å²) in [5.74, 6) is -0.261. The summed E-state index contributed by atoms with van der Waals surface area (Å²) in [6.07, 6.45) is 3.04. The lowest BCUT2D eigenvalue weighted by Crippen LogP contribution is -2.44. The first-order valence-corrected chi connectivity index (χ1v) is 8.46. The molecule has 2 amide bonds. The highest BCUT2D eigenvalue weighted by Crippen LogP contribution is 2.39. The molecule has 5 nitrogen and oxygen atoms in total. The Kier molecular flexibility index (Phi) is 4.75. The zero-order chi connectivity index (χ0) is 16.4. The molecule has 1 fully saturated rings. The number of nitrogens with zero attached hydrogens (tertiary/aromatic N) is 2.